The largest absolute Gasteiger partial charge is 0.481 e. The average molecular weight is 253 g/mol. The number of carboxylic acids is 1. The van der Waals surface area contributed by atoms with Gasteiger partial charge in [-0.15, -0.1) is 0 Å². The number of halogens is 1. The molecule has 0 aliphatic carbocycles. The Kier molecular flexibility index (Phi) is 5.30. The molecule has 1 aromatic carbocycles. The summed E-state index contributed by atoms with van der Waals surface area (Å²) < 4.78 is 13.2. The third kappa shape index (κ3) is 4.53. The number of hydrogen-bond acceptors (Lipinski definition) is 2. The van der Waals surface area contributed by atoms with Crippen LogP contribution < -0.4 is 5.32 Å². The second-order valence-corrected chi connectivity index (χ2v) is 4.13. The first-order valence-electron chi connectivity index (χ1n) is 5.73. The molecule has 1 amide bonds. The van der Waals surface area contributed by atoms with Crippen LogP contribution in [0.25, 0.3) is 0 Å². The Morgan fingerprint density at radius 2 is 2.06 bits per heavy atom. The Balaban J connectivity index is 2.32. The molecule has 0 heterocycles. The van der Waals surface area contributed by atoms with Gasteiger partial charge in [0.2, 0.25) is 5.91 Å². The van der Waals surface area contributed by atoms with Gasteiger partial charge in [0.05, 0.1) is 5.92 Å². The molecule has 4 nitrogen and oxygen atoms in total. The molecule has 1 rings (SSSR count). The predicted octanol–water partition coefficient (Wildman–Crippen LogP) is 1.60. The molecule has 18 heavy (non-hydrogen) atoms. The Hall–Kier alpha value is -1.91. The lowest BCUT2D eigenvalue weighted by atomic mass is 10.1. The summed E-state index contributed by atoms with van der Waals surface area (Å²) in [7, 11) is 0. The summed E-state index contributed by atoms with van der Waals surface area (Å²) in [6.45, 7) is 1.77. The summed E-state index contributed by atoms with van der Waals surface area (Å²) in [4.78, 5) is 21.9. The summed E-state index contributed by atoms with van der Waals surface area (Å²) in [6.07, 6.45) is 0.326. The van der Waals surface area contributed by atoms with E-state index in [9.17, 15) is 14.0 Å². The van der Waals surface area contributed by atoms with Crippen molar-refractivity contribution in [1.82, 2.24) is 5.32 Å². The van der Waals surface area contributed by atoms with Crippen LogP contribution in [0, 0.1) is 11.7 Å². The summed E-state index contributed by atoms with van der Waals surface area (Å²) >= 11 is 0. The molecule has 5 heteroatoms. The first-order chi connectivity index (χ1) is 8.50. The first-order valence-corrected chi connectivity index (χ1v) is 5.73. The van der Waals surface area contributed by atoms with Crippen LogP contribution >= 0.6 is 0 Å². The minimum atomic E-state index is -1.00. The third-order valence-electron chi connectivity index (χ3n) is 2.59. The lowest BCUT2D eigenvalue weighted by Crippen LogP contribution is -2.29. The first kappa shape index (κ1) is 14.2. The number of amides is 1. The van der Waals surface area contributed by atoms with Gasteiger partial charge in [0.15, 0.2) is 0 Å². The van der Waals surface area contributed by atoms with Crippen molar-refractivity contribution < 1.29 is 19.1 Å². The SMILES string of the molecule is CC(CC(=O)NCCc1ccccc1F)C(=O)O. The normalized spacial score (nSPS) is 11.9. The van der Waals surface area contributed by atoms with E-state index in [1.54, 1.807) is 18.2 Å². The standard InChI is InChI=1S/C13H16FNO3/c1-9(13(17)18)8-12(16)15-7-6-10-4-2-3-5-11(10)14/h2-5,9H,6-8H2,1H3,(H,15,16)(H,17,18). The third-order valence-corrected chi connectivity index (χ3v) is 2.59. The van der Waals surface area contributed by atoms with Crippen LogP contribution in [-0.2, 0) is 16.0 Å². The molecular formula is C13H16FNO3. The van der Waals surface area contributed by atoms with Gasteiger partial charge in [0.1, 0.15) is 5.82 Å². The Morgan fingerprint density at radius 3 is 2.67 bits per heavy atom. The number of hydrogen-bond donors (Lipinski definition) is 2. The fourth-order valence-corrected chi connectivity index (χ4v) is 1.48. The Bertz CT molecular complexity index is 434. The molecule has 0 aliphatic heterocycles. The summed E-state index contributed by atoms with van der Waals surface area (Å²) in [5.74, 6) is -2.34. The maximum Gasteiger partial charge on any atom is 0.306 e. The highest BCUT2D eigenvalue weighted by molar-refractivity contribution is 5.81. The van der Waals surface area contributed by atoms with Gasteiger partial charge < -0.3 is 10.4 Å². The van der Waals surface area contributed by atoms with Crippen molar-refractivity contribution in [3.8, 4) is 0 Å². The maximum atomic E-state index is 13.2. The molecule has 98 valence electrons. The van der Waals surface area contributed by atoms with E-state index in [1.165, 1.54) is 13.0 Å². The van der Waals surface area contributed by atoms with Crippen molar-refractivity contribution in [3.63, 3.8) is 0 Å². The van der Waals surface area contributed by atoms with E-state index in [1.807, 2.05) is 0 Å². The molecule has 0 aliphatic rings. The molecule has 1 unspecified atom stereocenters. The minimum Gasteiger partial charge on any atom is -0.481 e. The van der Waals surface area contributed by atoms with Gasteiger partial charge in [-0.1, -0.05) is 25.1 Å². The molecule has 0 spiro atoms. The van der Waals surface area contributed by atoms with Crippen molar-refractivity contribution in [2.24, 2.45) is 5.92 Å². The van der Waals surface area contributed by atoms with E-state index in [4.69, 9.17) is 5.11 Å². The lowest BCUT2D eigenvalue weighted by Gasteiger charge is -2.08. The van der Waals surface area contributed by atoms with Crippen LogP contribution in [0.4, 0.5) is 4.39 Å². The van der Waals surface area contributed by atoms with Crippen molar-refractivity contribution in [2.45, 2.75) is 19.8 Å². The highest BCUT2D eigenvalue weighted by Gasteiger charge is 2.15. The molecule has 0 bridgehead atoms. The van der Waals surface area contributed by atoms with Crippen molar-refractivity contribution in [1.29, 1.82) is 0 Å². The Labute approximate surface area is 105 Å². The number of aliphatic carboxylic acids is 1. The monoisotopic (exact) mass is 253 g/mol. The zero-order chi connectivity index (χ0) is 13.5. The summed E-state index contributed by atoms with van der Waals surface area (Å²) in [5.41, 5.74) is 0.532. The second kappa shape index (κ2) is 6.74. The molecule has 2 N–H and O–H groups in total. The predicted molar refractivity (Wildman–Crippen MR) is 64.5 cm³/mol. The number of carbonyl (C=O) groups excluding carboxylic acids is 1. The maximum absolute atomic E-state index is 13.2. The second-order valence-electron chi connectivity index (χ2n) is 4.13. The molecule has 0 saturated heterocycles. The number of carboxylic acid groups (broad SMARTS) is 1. The van der Waals surface area contributed by atoms with Crippen LogP contribution in [-0.4, -0.2) is 23.5 Å². The number of benzene rings is 1. The Morgan fingerprint density at radius 1 is 1.39 bits per heavy atom. The van der Waals surface area contributed by atoms with E-state index < -0.39 is 11.9 Å². The summed E-state index contributed by atoms with van der Waals surface area (Å²) in [5, 5.41) is 11.2. The number of nitrogens with one attached hydrogen (secondary N) is 1. The van der Waals surface area contributed by atoms with Gasteiger partial charge in [-0.05, 0) is 18.1 Å². The van der Waals surface area contributed by atoms with Crippen LogP contribution in [0.2, 0.25) is 0 Å². The van der Waals surface area contributed by atoms with Gasteiger partial charge in [0, 0.05) is 13.0 Å². The molecule has 1 aromatic rings. The average Bonchev–Trinajstić information content (AvgIpc) is 2.31. The quantitative estimate of drug-likeness (QED) is 0.809. The smallest absolute Gasteiger partial charge is 0.306 e. The van der Waals surface area contributed by atoms with Crippen molar-refractivity contribution in [2.75, 3.05) is 6.54 Å². The van der Waals surface area contributed by atoms with Gasteiger partial charge in [-0.25, -0.2) is 4.39 Å². The summed E-state index contributed by atoms with van der Waals surface area (Å²) in [6, 6.07) is 6.35. The van der Waals surface area contributed by atoms with Crippen LogP contribution in [0.1, 0.15) is 18.9 Å². The van der Waals surface area contributed by atoms with Crippen LogP contribution in [0.15, 0.2) is 24.3 Å². The molecule has 1 atom stereocenters. The molecule has 0 fully saturated rings. The zero-order valence-electron chi connectivity index (χ0n) is 10.1. The van der Waals surface area contributed by atoms with Crippen molar-refractivity contribution in [3.05, 3.63) is 35.6 Å². The number of carbonyl (C=O) groups is 2. The highest BCUT2D eigenvalue weighted by Crippen LogP contribution is 2.06. The van der Waals surface area contributed by atoms with Gasteiger partial charge in [-0.2, -0.15) is 0 Å². The van der Waals surface area contributed by atoms with E-state index in [0.717, 1.165) is 0 Å². The minimum absolute atomic E-state index is 0.0629. The fraction of sp³-hybridized carbons (Fsp3) is 0.385. The molecular weight excluding hydrogens is 237 g/mol. The van der Waals surface area contributed by atoms with E-state index in [0.29, 0.717) is 18.5 Å². The van der Waals surface area contributed by atoms with Gasteiger partial charge in [0.25, 0.3) is 0 Å². The molecule has 0 aromatic heterocycles. The van der Waals surface area contributed by atoms with Gasteiger partial charge in [-0.3, -0.25) is 9.59 Å². The van der Waals surface area contributed by atoms with E-state index in [-0.39, 0.29) is 18.1 Å². The fourth-order valence-electron chi connectivity index (χ4n) is 1.48. The van der Waals surface area contributed by atoms with Crippen molar-refractivity contribution >= 4 is 11.9 Å². The van der Waals surface area contributed by atoms with Crippen LogP contribution in [0.5, 0.6) is 0 Å². The topological polar surface area (TPSA) is 66.4 Å². The van der Waals surface area contributed by atoms with Crippen LogP contribution in [0.3, 0.4) is 0 Å². The van der Waals surface area contributed by atoms with E-state index >= 15 is 0 Å². The highest BCUT2D eigenvalue weighted by atomic mass is 19.1. The number of rotatable bonds is 6. The van der Waals surface area contributed by atoms with Gasteiger partial charge >= 0.3 is 5.97 Å². The zero-order valence-corrected chi connectivity index (χ0v) is 10.1. The molecule has 0 saturated carbocycles. The molecule has 0 radical (unpaired) electrons. The lowest BCUT2D eigenvalue weighted by molar-refractivity contribution is -0.143. The van der Waals surface area contributed by atoms with E-state index in [2.05, 4.69) is 5.32 Å².